The van der Waals surface area contributed by atoms with Gasteiger partial charge in [0.2, 0.25) is 0 Å². The molecule has 0 radical (unpaired) electrons. The third-order valence-electron chi connectivity index (χ3n) is 2.87. The van der Waals surface area contributed by atoms with Crippen LogP contribution in [0.15, 0.2) is 59.8 Å². The van der Waals surface area contributed by atoms with E-state index in [1.807, 2.05) is 30.3 Å². The summed E-state index contributed by atoms with van der Waals surface area (Å²) in [6.45, 7) is 0.889. The predicted molar refractivity (Wildman–Crippen MR) is 91.8 cm³/mol. The van der Waals surface area contributed by atoms with Crippen molar-refractivity contribution in [3.8, 4) is 0 Å². The zero-order valence-corrected chi connectivity index (χ0v) is 13.1. The number of amides is 1. The number of carbonyl (C=O) groups is 1. The van der Waals surface area contributed by atoms with Crippen molar-refractivity contribution < 1.29 is 4.79 Å². The van der Waals surface area contributed by atoms with E-state index in [9.17, 15) is 4.79 Å². The smallest absolute Gasteiger partial charge is 0.254 e. The van der Waals surface area contributed by atoms with Gasteiger partial charge in [-0.15, -0.1) is 11.8 Å². The van der Waals surface area contributed by atoms with Crippen molar-refractivity contribution in [2.75, 3.05) is 18.8 Å². The van der Waals surface area contributed by atoms with Crippen molar-refractivity contribution in [3.63, 3.8) is 0 Å². The molecule has 0 aliphatic rings. The summed E-state index contributed by atoms with van der Waals surface area (Å²) in [5.41, 5.74) is 7.15. The zero-order valence-electron chi connectivity index (χ0n) is 12.2. The second-order valence-electron chi connectivity index (χ2n) is 4.52. The van der Waals surface area contributed by atoms with E-state index in [-0.39, 0.29) is 5.91 Å². The number of hydrogen-bond donors (Lipinski definition) is 2. The topological polar surface area (TPSA) is 68.0 Å². The van der Waals surface area contributed by atoms with Crippen molar-refractivity contribution in [3.05, 3.63) is 65.9 Å². The molecule has 114 valence electrons. The van der Waals surface area contributed by atoms with Gasteiger partial charge < -0.3 is 11.1 Å². The molecule has 0 spiro atoms. The predicted octanol–water partition coefficient (Wildman–Crippen LogP) is 2.58. The van der Waals surface area contributed by atoms with Crippen molar-refractivity contribution in [2.24, 2.45) is 5.73 Å². The molecule has 0 bridgehead atoms. The quantitative estimate of drug-likeness (QED) is 0.771. The van der Waals surface area contributed by atoms with E-state index >= 15 is 0 Å². The molecule has 5 heteroatoms. The lowest BCUT2D eigenvalue weighted by Crippen LogP contribution is -2.29. The first kappa shape index (κ1) is 16.3. The average molecular weight is 313 g/mol. The number of carbonyl (C=O) groups excluding carboxylic acids is 1. The Labute approximate surface area is 134 Å². The molecule has 0 atom stereocenters. The highest BCUT2D eigenvalue weighted by Crippen LogP contribution is 2.20. The molecule has 0 unspecified atom stereocenters. The number of nitrogens with zero attached hydrogens (tertiary/aromatic N) is 1. The Morgan fingerprint density at radius 2 is 2.05 bits per heavy atom. The molecule has 1 amide bonds. The first-order valence-electron chi connectivity index (χ1n) is 7.09. The fourth-order valence-corrected chi connectivity index (χ4v) is 2.64. The van der Waals surface area contributed by atoms with E-state index in [2.05, 4.69) is 22.5 Å². The summed E-state index contributed by atoms with van der Waals surface area (Å²) in [4.78, 5) is 16.3. The molecule has 0 fully saturated rings. The number of benzene rings is 1. The maximum Gasteiger partial charge on any atom is 0.254 e. The lowest BCUT2D eigenvalue weighted by atomic mass is 10.2. The van der Waals surface area contributed by atoms with Gasteiger partial charge in [0.1, 0.15) is 5.03 Å². The van der Waals surface area contributed by atoms with Crippen LogP contribution in [0.5, 0.6) is 0 Å². The average Bonchev–Trinajstić information content (AvgIpc) is 2.58. The van der Waals surface area contributed by atoms with Crippen LogP contribution in [0.3, 0.4) is 0 Å². The SMILES string of the molecule is NCCNC(=O)c1cccnc1SCC=Cc1ccccc1. The Morgan fingerprint density at radius 1 is 1.23 bits per heavy atom. The van der Waals surface area contributed by atoms with Gasteiger partial charge in [0, 0.05) is 25.0 Å². The Balaban J connectivity index is 1.95. The number of thioether (sulfide) groups is 1. The van der Waals surface area contributed by atoms with E-state index in [0.717, 1.165) is 16.3 Å². The van der Waals surface area contributed by atoms with Crippen LogP contribution in [0, 0.1) is 0 Å². The minimum Gasteiger partial charge on any atom is -0.351 e. The van der Waals surface area contributed by atoms with E-state index in [0.29, 0.717) is 18.7 Å². The van der Waals surface area contributed by atoms with E-state index in [4.69, 9.17) is 5.73 Å². The standard InChI is InChI=1S/C17H19N3OS/c18-10-12-19-16(21)15-9-4-11-20-17(15)22-13-5-8-14-6-2-1-3-7-14/h1-9,11H,10,12-13,18H2,(H,19,21). The molecule has 0 saturated heterocycles. The van der Waals surface area contributed by atoms with Crippen LogP contribution in [-0.2, 0) is 0 Å². The van der Waals surface area contributed by atoms with Crippen molar-refractivity contribution in [2.45, 2.75) is 5.03 Å². The number of aromatic nitrogens is 1. The number of pyridine rings is 1. The van der Waals surface area contributed by atoms with Crippen LogP contribution in [0.1, 0.15) is 15.9 Å². The van der Waals surface area contributed by atoms with Gasteiger partial charge in [0.05, 0.1) is 5.56 Å². The number of hydrogen-bond acceptors (Lipinski definition) is 4. The molecular weight excluding hydrogens is 294 g/mol. The maximum absolute atomic E-state index is 12.0. The fraction of sp³-hybridized carbons (Fsp3) is 0.176. The molecule has 0 saturated carbocycles. The molecule has 1 aromatic heterocycles. The third-order valence-corrected chi connectivity index (χ3v) is 3.83. The summed E-state index contributed by atoms with van der Waals surface area (Å²) in [7, 11) is 0. The monoisotopic (exact) mass is 313 g/mol. The molecule has 1 heterocycles. The van der Waals surface area contributed by atoms with Gasteiger partial charge in [-0.25, -0.2) is 4.98 Å². The van der Waals surface area contributed by atoms with Crippen molar-refractivity contribution in [1.29, 1.82) is 0 Å². The minimum absolute atomic E-state index is 0.131. The molecule has 22 heavy (non-hydrogen) atoms. The summed E-state index contributed by atoms with van der Waals surface area (Å²) < 4.78 is 0. The number of nitrogens with one attached hydrogen (secondary N) is 1. The Hall–Kier alpha value is -2.11. The number of nitrogens with two attached hydrogens (primary N) is 1. The maximum atomic E-state index is 12.0. The van der Waals surface area contributed by atoms with Gasteiger partial charge in [0.25, 0.3) is 5.91 Å². The normalized spacial score (nSPS) is 10.8. The molecule has 1 aromatic carbocycles. The van der Waals surface area contributed by atoms with Gasteiger partial charge in [0.15, 0.2) is 0 Å². The second-order valence-corrected chi connectivity index (χ2v) is 5.53. The minimum atomic E-state index is -0.131. The van der Waals surface area contributed by atoms with Crippen LogP contribution in [-0.4, -0.2) is 29.7 Å². The van der Waals surface area contributed by atoms with Crippen LogP contribution in [0.2, 0.25) is 0 Å². The second kappa shape index (κ2) is 9.02. The first-order chi connectivity index (χ1) is 10.8. The Kier molecular flexibility index (Phi) is 6.67. The molecule has 0 aliphatic carbocycles. The summed E-state index contributed by atoms with van der Waals surface area (Å²) in [6, 6.07) is 13.6. The largest absolute Gasteiger partial charge is 0.351 e. The summed E-state index contributed by atoms with van der Waals surface area (Å²) >= 11 is 1.54. The Bertz CT molecular complexity index is 629. The lowest BCUT2D eigenvalue weighted by molar-refractivity contribution is 0.0951. The van der Waals surface area contributed by atoms with E-state index < -0.39 is 0 Å². The third kappa shape index (κ3) is 5.02. The highest BCUT2D eigenvalue weighted by atomic mass is 32.2. The van der Waals surface area contributed by atoms with Crippen LogP contribution in [0.4, 0.5) is 0 Å². The van der Waals surface area contributed by atoms with Gasteiger partial charge in [-0.05, 0) is 17.7 Å². The molecule has 3 N–H and O–H groups in total. The van der Waals surface area contributed by atoms with Crippen LogP contribution < -0.4 is 11.1 Å². The highest BCUT2D eigenvalue weighted by molar-refractivity contribution is 7.99. The van der Waals surface area contributed by atoms with Crippen LogP contribution >= 0.6 is 11.8 Å². The van der Waals surface area contributed by atoms with Crippen LogP contribution in [0.25, 0.3) is 6.08 Å². The molecule has 0 aliphatic heterocycles. The first-order valence-corrected chi connectivity index (χ1v) is 8.07. The van der Waals surface area contributed by atoms with Gasteiger partial charge in [-0.1, -0.05) is 42.5 Å². The molecule has 2 rings (SSSR count). The summed E-state index contributed by atoms with van der Waals surface area (Å²) in [5, 5.41) is 3.50. The van der Waals surface area contributed by atoms with E-state index in [1.54, 1.807) is 18.3 Å². The highest BCUT2D eigenvalue weighted by Gasteiger charge is 2.11. The van der Waals surface area contributed by atoms with Crippen molar-refractivity contribution in [1.82, 2.24) is 10.3 Å². The van der Waals surface area contributed by atoms with E-state index in [1.165, 1.54) is 11.8 Å². The van der Waals surface area contributed by atoms with Crippen molar-refractivity contribution >= 4 is 23.7 Å². The number of rotatable bonds is 7. The zero-order chi connectivity index (χ0) is 15.6. The molecular formula is C17H19N3OS. The lowest BCUT2D eigenvalue weighted by Gasteiger charge is -2.07. The molecule has 2 aromatic rings. The van der Waals surface area contributed by atoms with Gasteiger partial charge in [-0.2, -0.15) is 0 Å². The van der Waals surface area contributed by atoms with Gasteiger partial charge in [-0.3, -0.25) is 4.79 Å². The summed E-state index contributed by atoms with van der Waals surface area (Å²) in [6.07, 6.45) is 5.82. The Morgan fingerprint density at radius 3 is 2.82 bits per heavy atom. The van der Waals surface area contributed by atoms with Gasteiger partial charge >= 0.3 is 0 Å². The fourth-order valence-electron chi connectivity index (χ4n) is 1.83. The summed E-state index contributed by atoms with van der Waals surface area (Å²) in [5.74, 6) is 0.622. The molecule has 4 nitrogen and oxygen atoms in total.